The van der Waals surface area contributed by atoms with Crippen LogP contribution in [0.2, 0.25) is 5.02 Å². The number of halogens is 1. The molecule has 0 bridgehead atoms. The van der Waals surface area contributed by atoms with Crippen LogP contribution in [0.15, 0.2) is 48.5 Å². The van der Waals surface area contributed by atoms with Crippen molar-refractivity contribution in [1.29, 1.82) is 0 Å². The molecule has 0 radical (unpaired) electrons. The largest absolute Gasteiger partial charge is 0.488 e. The molecule has 0 unspecified atom stereocenters. The molecule has 1 aliphatic heterocycles. The summed E-state index contributed by atoms with van der Waals surface area (Å²) < 4.78 is 33.6. The Bertz CT molecular complexity index is 990. The van der Waals surface area contributed by atoms with Crippen molar-refractivity contribution in [3.8, 4) is 5.75 Å². The number of amides is 1. The first-order chi connectivity index (χ1) is 13.8. The Morgan fingerprint density at radius 1 is 1.10 bits per heavy atom. The van der Waals surface area contributed by atoms with Gasteiger partial charge in [0.05, 0.1) is 11.5 Å². The number of hydrogen-bond acceptors (Lipinski definition) is 6. The number of carbonyl (C=O) groups excluding carboxylic acids is 2. The van der Waals surface area contributed by atoms with Crippen LogP contribution in [-0.2, 0) is 26.0 Å². The predicted molar refractivity (Wildman–Crippen MR) is 108 cm³/mol. The molecular weight excluding hydrogens is 418 g/mol. The Kier molecular flexibility index (Phi) is 6.76. The SMILES string of the molecule is O=C(COC(=O)c1ccccc1OCc1ccc(Cl)cc1)N[C@@H]1CCS(=O)(=O)C1. The van der Waals surface area contributed by atoms with Gasteiger partial charge in [-0.2, -0.15) is 0 Å². The maximum atomic E-state index is 12.4. The van der Waals surface area contributed by atoms with Crippen molar-refractivity contribution >= 4 is 33.3 Å². The minimum Gasteiger partial charge on any atom is -0.488 e. The summed E-state index contributed by atoms with van der Waals surface area (Å²) in [6, 6.07) is 13.2. The molecule has 29 heavy (non-hydrogen) atoms. The van der Waals surface area contributed by atoms with Crippen molar-refractivity contribution in [3.63, 3.8) is 0 Å². The third kappa shape index (κ3) is 6.20. The summed E-state index contributed by atoms with van der Waals surface area (Å²) in [5.41, 5.74) is 1.07. The standard InChI is InChI=1S/C20H20ClNO6S/c21-15-7-5-14(6-8-15)11-27-18-4-2-1-3-17(18)20(24)28-12-19(23)22-16-9-10-29(25,26)13-16/h1-8,16H,9-13H2,(H,22,23)/t16-/m1/s1. The highest BCUT2D eigenvalue weighted by Crippen LogP contribution is 2.21. The fourth-order valence-corrected chi connectivity index (χ4v) is 4.69. The minimum atomic E-state index is -3.10. The van der Waals surface area contributed by atoms with Crippen molar-refractivity contribution in [1.82, 2.24) is 5.32 Å². The van der Waals surface area contributed by atoms with Crippen LogP contribution in [0.1, 0.15) is 22.3 Å². The number of benzene rings is 2. The van der Waals surface area contributed by atoms with Crippen LogP contribution in [0.25, 0.3) is 0 Å². The van der Waals surface area contributed by atoms with Crippen molar-refractivity contribution in [2.75, 3.05) is 18.1 Å². The molecule has 154 valence electrons. The lowest BCUT2D eigenvalue weighted by atomic mass is 10.2. The van der Waals surface area contributed by atoms with Gasteiger partial charge < -0.3 is 14.8 Å². The number of sulfone groups is 1. The van der Waals surface area contributed by atoms with E-state index in [4.69, 9.17) is 21.1 Å². The van der Waals surface area contributed by atoms with E-state index in [0.29, 0.717) is 17.2 Å². The molecule has 1 fully saturated rings. The molecule has 1 aliphatic rings. The second kappa shape index (κ2) is 9.28. The van der Waals surface area contributed by atoms with Crippen LogP contribution >= 0.6 is 11.6 Å². The van der Waals surface area contributed by atoms with E-state index >= 15 is 0 Å². The van der Waals surface area contributed by atoms with Crippen LogP contribution < -0.4 is 10.1 Å². The minimum absolute atomic E-state index is 0.0517. The highest BCUT2D eigenvalue weighted by atomic mass is 35.5. The lowest BCUT2D eigenvalue weighted by Crippen LogP contribution is -2.38. The lowest BCUT2D eigenvalue weighted by Gasteiger charge is -2.13. The maximum absolute atomic E-state index is 12.4. The second-order valence-electron chi connectivity index (χ2n) is 6.65. The normalized spacial score (nSPS) is 17.5. The summed E-state index contributed by atoms with van der Waals surface area (Å²) >= 11 is 5.86. The smallest absolute Gasteiger partial charge is 0.342 e. The van der Waals surface area contributed by atoms with Gasteiger partial charge in [0, 0.05) is 11.1 Å². The zero-order valence-corrected chi connectivity index (χ0v) is 17.0. The fourth-order valence-electron chi connectivity index (χ4n) is 2.89. The van der Waals surface area contributed by atoms with Gasteiger partial charge in [0.2, 0.25) is 0 Å². The number of ether oxygens (including phenoxy) is 2. The summed E-state index contributed by atoms with van der Waals surface area (Å²) in [5, 5.41) is 3.19. The third-order valence-corrected chi connectivity index (χ3v) is 6.37. The second-order valence-corrected chi connectivity index (χ2v) is 9.32. The zero-order chi connectivity index (χ0) is 20.9. The molecule has 0 aromatic heterocycles. The molecule has 2 aromatic carbocycles. The monoisotopic (exact) mass is 437 g/mol. The number of para-hydroxylation sites is 1. The molecule has 0 aliphatic carbocycles. The molecular formula is C20H20ClNO6S. The van der Waals surface area contributed by atoms with Crippen LogP contribution in [-0.4, -0.2) is 44.4 Å². The van der Waals surface area contributed by atoms with Gasteiger partial charge in [0.1, 0.15) is 17.9 Å². The van der Waals surface area contributed by atoms with Crippen LogP contribution in [0.5, 0.6) is 5.75 Å². The van der Waals surface area contributed by atoms with Gasteiger partial charge in [0.15, 0.2) is 16.4 Å². The van der Waals surface area contributed by atoms with E-state index in [0.717, 1.165) is 5.56 Å². The van der Waals surface area contributed by atoms with Crippen molar-refractivity contribution in [3.05, 3.63) is 64.7 Å². The topological polar surface area (TPSA) is 98.8 Å². The Morgan fingerprint density at radius 2 is 1.83 bits per heavy atom. The van der Waals surface area contributed by atoms with Gasteiger partial charge in [-0.3, -0.25) is 4.79 Å². The number of nitrogens with one attached hydrogen (secondary N) is 1. The first kappa shape index (κ1) is 21.1. The molecule has 1 saturated heterocycles. The molecule has 1 atom stereocenters. The summed E-state index contributed by atoms with van der Waals surface area (Å²) in [6.07, 6.45) is 0.364. The van der Waals surface area contributed by atoms with Crippen molar-refractivity contribution < 1.29 is 27.5 Å². The number of esters is 1. The van der Waals surface area contributed by atoms with Crippen molar-refractivity contribution in [2.24, 2.45) is 0 Å². The zero-order valence-electron chi connectivity index (χ0n) is 15.5. The molecule has 1 N–H and O–H groups in total. The molecule has 2 aromatic rings. The first-order valence-electron chi connectivity index (χ1n) is 8.95. The van der Waals surface area contributed by atoms with E-state index in [2.05, 4.69) is 5.32 Å². The maximum Gasteiger partial charge on any atom is 0.342 e. The van der Waals surface area contributed by atoms with E-state index in [1.54, 1.807) is 36.4 Å². The molecule has 1 amide bonds. The molecule has 3 rings (SSSR count). The van der Waals surface area contributed by atoms with E-state index in [-0.39, 0.29) is 23.7 Å². The lowest BCUT2D eigenvalue weighted by molar-refractivity contribution is -0.124. The summed E-state index contributed by atoms with van der Waals surface area (Å²) in [5.74, 6) is -0.954. The summed E-state index contributed by atoms with van der Waals surface area (Å²) in [6.45, 7) is -0.265. The van der Waals surface area contributed by atoms with E-state index < -0.39 is 34.4 Å². The van der Waals surface area contributed by atoms with Crippen LogP contribution in [0.3, 0.4) is 0 Å². The van der Waals surface area contributed by atoms with Crippen LogP contribution in [0.4, 0.5) is 0 Å². The predicted octanol–water partition coefficient (Wildman–Crippen LogP) is 2.38. The van der Waals surface area contributed by atoms with Crippen LogP contribution in [0, 0.1) is 0 Å². The van der Waals surface area contributed by atoms with E-state index in [9.17, 15) is 18.0 Å². The van der Waals surface area contributed by atoms with Gasteiger partial charge in [-0.25, -0.2) is 13.2 Å². The highest BCUT2D eigenvalue weighted by molar-refractivity contribution is 7.91. The molecule has 0 spiro atoms. The molecule has 0 saturated carbocycles. The number of rotatable bonds is 7. The Labute approximate surface area is 173 Å². The average Bonchev–Trinajstić information content (AvgIpc) is 3.04. The quantitative estimate of drug-likeness (QED) is 0.668. The first-order valence-corrected chi connectivity index (χ1v) is 11.2. The fraction of sp³-hybridized carbons (Fsp3) is 0.300. The molecule has 1 heterocycles. The van der Waals surface area contributed by atoms with Gasteiger partial charge in [-0.1, -0.05) is 35.9 Å². The van der Waals surface area contributed by atoms with Crippen molar-refractivity contribution in [2.45, 2.75) is 19.1 Å². The molecule has 7 nitrogen and oxygen atoms in total. The Hall–Kier alpha value is -2.58. The van der Waals surface area contributed by atoms with Gasteiger partial charge in [-0.15, -0.1) is 0 Å². The van der Waals surface area contributed by atoms with Gasteiger partial charge in [0.25, 0.3) is 5.91 Å². The summed E-state index contributed by atoms with van der Waals surface area (Å²) in [4.78, 5) is 24.3. The third-order valence-electron chi connectivity index (χ3n) is 4.35. The Morgan fingerprint density at radius 3 is 2.52 bits per heavy atom. The van der Waals surface area contributed by atoms with Gasteiger partial charge >= 0.3 is 5.97 Å². The van der Waals surface area contributed by atoms with Gasteiger partial charge in [-0.05, 0) is 36.2 Å². The van der Waals surface area contributed by atoms with E-state index in [1.807, 2.05) is 12.1 Å². The number of hydrogen-bond donors (Lipinski definition) is 1. The number of carbonyl (C=O) groups is 2. The Balaban J connectivity index is 1.54. The summed E-state index contributed by atoms with van der Waals surface area (Å²) in [7, 11) is -3.10. The molecule has 9 heteroatoms. The van der Waals surface area contributed by atoms with E-state index in [1.165, 1.54) is 0 Å². The average molecular weight is 438 g/mol. The highest BCUT2D eigenvalue weighted by Gasteiger charge is 2.29.